The van der Waals surface area contributed by atoms with Crippen LogP contribution >= 0.6 is 0 Å². The fourth-order valence-electron chi connectivity index (χ4n) is 2.25. The van der Waals surface area contributed by atoms with Gasteiger partial charge in [0.1, 0.15) is 0 Å². The zero-order valence-electron chi connectivity index (χ0n) is 11.8. The van der Waals surface area contributed by atoms with Crippen LogP contribution in [0, 0.1) is 0 Å². The molecule has 0 amide bonds. The van der Waals surface area contributed by atoms with E-state index in [1.54, 1.807) is 7.11 Å². The van der Waals surface area contributed by atoms with Crippen LogP contribution in [0.3, 0.4) is 0 Å². The number of aromatic nitrogens is 2. The van der Waals surface area contributed by atoms with Gasteiger partial charge in [-0.25, -0.2) is 0 Å². The summed E-state index contributed by atoms with van der Waals surface area (Å²) in [5.74, 6) is 1.46. The first-order valence-electron chi connectivity index (χ1n) is 6.85. The van der Waals surface area contributed by atoms with Crippen molar-refractivity contribution in [2.75, 3.05) is 40.0 Å². The summed E-state index contributed by atoms with van der Waals surface area (Å²) in [7, 11) is 1.66. The van der Waals surface area contributed by atoms with Gasteiger partial charge >= 0.3 is 0 Å². The van der Waals surface area contributed by atoms with Crippen LogP contribution in [0.5, 0.6) is 0 Å². The molecule has 0 aliphatic carbocycles. The zero-order valence-corrected chi connectivity index (χ0v) is 11.8. The number of piperidine rings is 1. The minimum absolute atomic E-state index is 0.0274. The molecule has 1 aromatic heterocycles. The average molecular weight is 269 g/mol. The molecule has 2 rings (SSSR count). The summed E-state index contributed by atoms with van der Waals surface area (Å²) in [4.78, 5) is 4.49. The molecule has 0 radical (unpaired) electrons. The third-order valence-corrected chi connectivity index (χ3v) is 3.48. The molecule has 1 N–H and O–H groups in total. The third-order valence-electron chi connectivity index (χ3n) is 3.48. The van der Waals surface area contributed by atoms with E-state index in [1.807, 2.05) is 0 Å². The minimum atomic E-state index is -0.0274. The largest absolute Gasteiger partial charge is 0.382 e. The number of nitrogens with one attached hydrogen (secondary N) is 1. The molecule has 19 heavy (non-hydrogen) atoms. The van der Waals surface area contributed by atoms with E-state index in [9.17, 15) is 0 Å². The predicted molar refractivity (Wildman–Crippen MR) is 70.2 cm³/mol. The Bertz CT molecular complexity index is 375. The lowest BCUT2D eigenvalue weighted by Gasteiger charge is -2.30. The zero-order chi connectivity index (χ0) is 13.6. The first kappa shape index (κ1) is 14.4. The molecular weight excluding hydrogens is 246 g/mol. The maximum Gasteiger partial charge on any atom is 0.233 e. The van der Waals surface area contributed by atoms with E-state index >= 15 is 0 Å². The summed E-state index contributed by atoms with van der Waals surface area (Å²) in [6, 6.07) is 0. The van der Waals surface area contributed by atoms with Crippen molar-refractivity contribution in [3.05, 3.63) is 11.7 Å². The van der Waals surface area contributed by atoms with Crippen LogP contribution in [0.25, 0.3) is 0 Å². The second-order valence-electron chi connectivity index (χ2n) is 5.21. The molecule has 1 aromatic rings. The van der Waals surface area contributed by atoms with Crippen LogP contribution in [-0.2, 0) is 21.3 Å². The highest BCUT2D eigenvalue weighted by molar-refractivity contribution is 5.06. The quantitative estimate of drug-likeness (QED) is 0.742. The van der Waals surface area contributed by atoms with Crippen LogP contribution in [0.4, 0.5) is 0 Å². The number of hydrogen-bond donors (Lipinski definition) is 1. The van der Waals surface area contributed by atoms with Gasteiger partial charge in [-0.3, -0.25) is 0 Å². The molecule has 6 nitrogen and oxygen atoms in total. The van der Waals surface area contributed by atoms with E-state index in [0.717, 1.165) is 37.6 Å². The highest BCUT2D eigenvalue weighted by Crippen LogP contribution is 2.29. The molecule has 1 atom stereocenters. The van der Waals surface area contributed by atoms with Crippen molar-refractivity contribution < 1.29 is 14.0 Å². The summed E-state index contributed by atoms with van der Waals surface area (Å²) in [6.07, 6.45) is 2.91. The maximum absolute atomic E-state index is 5.40. The first-order chi connectivity index (χ1) is 9.24. The third kappa shape index (κ3) is 3.99. The Balaban J connectivity index is 1.81. The average Bonchev–Trinajstić information content (AvgIpc) is 2.89. The number of nitrogens with zero attached hydrogens (tertiary/aromatic N) is 2. The molecule has 1 aliphatic heterocycles. The lowest BCUT2D eigenvalue weighted by atomic mass is 9.83. The van der Waals surface area contributed by atoms with E-state index in [2.05, 4.69) is 22.4 Å². The second-order valence-corrected chi connectivity index (χ2v) is 5.21. The topological polar surface area (TPSA) is 69.4 Å². The van der Waals surface area contributed by atoms with Gasteiger partial charge in [0.2, 0.25) is 5.89 Å². The Morgan fingerprint density at radius 1 is 1.37 bits per heavy atom. The Morgan fingerprint density at radius 2 is 2.26 bits per heavy atom. The van der Waals surface area contributed by atoms with Gasteiger partial charge in [0, 0.05) is 20.1 Å². The molecule has 0 spiro atoms. The number of hydrogen-bond acceptors (Lipinski definition) is 6. The van der Waals surface area contributed by atoms with E-state index < -0.39 is 0 Å². The summed E-state index contributed by atoms with van der Waals surface area (Å²) < 4.78 is 15.7. The number of methoxy groups -OCH3 is 1. The fraction of sp³-hybridized carbons (Fsp3) is 0.846. The monoisotopic (exact) mass is 269 g/mol. The van der Waals surface area contributed by atoms with E-state index in [1.165, 1.54) is 0 Å². The van der Waals surface area contributed by atoms with E-state index in [-0.39, 0.29) is 5.41 Å². The molecule has 0 bridgehead atoms. The molecule has 1 unspecified atom stereocenters. The molecule has 0 aromatic carbocycles. The highest BCUT2D eigenvalue weighted by Gasteiger charge is 2.34. The minimum Gasteiger partial charge on any atom is -0.382 e. The molecule has 6 heteroatoms. The molecule has 2 heterocycles. The van der Waals surface area contributed by atoms with Gasteiger partial charge in [-0.2, -0.15) is 4.98 Å². The van der Waals surface area contributed by atoms with Crippen molar-refractivity contribution in [1.82, 2.24) is 15.5 Å². The van der Waals surface area contributed by atoms with Crippen molar-refractivity contribution in [3.8, 4) is 0 Å². The van der Waals surface area contributed by atoms with Gasteiger partial charge in [0.05, 0.1) is 25.2 Å². The van der Waals surface area contributed by atoms with E-state index in [4.69, 9.17) is 14.0 Å². The predicted octanol–water partition coefficient (Wildman–Crippen LogP) is 0.916. The Hall–Kier alpha value is -0.980. The van der Waals surface area contributed by atoms with Gasteiger partial charge in [-0.15, -0.1) is 0 Å². The normalized spacial score (nSPS) is 23.7. The standard InChI is InChI=1S/C13H23N3O3/c1-13(5-3-6-14-10-13)12-15-11(16-19-12)4-7-18-9-8-17-2/h14H,3-10H2,1-2H3. The molecule has 1 saturated heterocycles. The van der Waals surface area contributed by atoms with Crippen molar-refractivity contribution in [2.24, 2.45) is 0 Å². The van der Waals surface area contributed by atoms with Gasteiger partial charge < -0.3 is 19.3 Å². The summed E-state index contributed by atoms with van der Waals surface area (Å²) >= 11 is 0. The lowest BCUT2D eigenvalue weighted by Crippen LogP contribution is -2.41. The van der Waals surface area contributed by atoms with Gasteiger partial charge in [0.25, 0.3) is 0 Å². The van der Waals surface area contributed by atoms with E-state index in [0.29, 0.717) is 26.2 Å². The molecule has 0 saturated carbocycles. The Morgan fingerprint density at radius 3 is 3.00 bits per heavy atom. The molecule has 108 valence electrons. The summed E-state index contributed by atoms with van der Waals surface area (Å²) in [5.41, 5.74) is -0.0274. The highest BCUT2D eigenvalue weighted by atomic mass is 16.5. The van der Waals surface area contributed by atoms with Crippen molar-refractivity contribution in [1.29, 1.82) is 0 Å². The van der Waals surface area contributed by atoms with Gasteiger partial charge in [-0.1, -0.05) is 5.16 Å². The smallest absolute Gasteiger partial charge is 0.233 e. The van der Waals surface area contributed by atoms with Crippen LogP contribution in [-0.4, -0.2) is 50.2 Å². The lowest BCUT2D eigenvalue weighted by molar-refractivity contribution is 0.0714. The Kier molecular flexibility index (Phi) is 5.30. The molecule has 1 fully saturated rings. The maximum atomic E-state index is 5.40. The SMILES string of the molecule is COCCOCCc1noc(C2(C)CCCNC2)n1. The number of ether oxygens (including phenoxy) is 2. The summed E-state index contributed by atoms with van der Waals surface area (Å²) in [5, 5.41) is 7.41. The van der Waals surface area contributed by atoms with Crippen LogP contribution in [0.15, 0.2) is 4.52 Å². The summed E-state index contributed by atoms with van der Waals surface area (Å²) in [6.45, 7) is 5.95. The molecular formula is C13H23N3O3. The van der Waals surface area contributed by atoms with Gasteiger partial charge in [-0.05, 0) is 26.3 Å². The van der Waals surface area contributed by atoms with Crippen molar-refractivity contribution in [3.63, 3.8) is 0 Å². The second kappa shape index (κ2) is 6.98. The fourth-order valence-corrected chi connectivity index (χ4v) is 2.25. The molecule has 1 aliphatic rings. The van der Waals surface area contributed by atoms with Crippen LogP contribution in [0.1, 0.15) is 31.5 Å². The van der Waals surface area contributed by atoms with Crippen LogP contribution in [0.2, 0.25) is 0 Å². The van der Waals surface area contributed by atoms with Crippen LogP contribution < -0.4 is 5.32 Å². The first-order valence-corrected chi connectivity index (χ1v) is 6.85. The number of rotatable bonds is 7. The Labute approximate surface area is 113 Å². The van der Waals surface area contributed by atoms with Crippen molar-refractivity contribution >= 4 is 0 Å². The van der Waals surface area contributed by atoms with Gasteiger partial charge in [0.15, 0.2) is 5.82 Å². The van der Waals surface area contributed by atoms with Crippen molar-refractivity contribution in [2.45, 2.75) is 31.6 Å².